The highest BCUT2D eigenvalue weighted by Crippen LogP contribution is 2.31. The molecule has 3 aromatic rings. The molecule has 21 heavy (non-hydrogen) atoms. The Morgan fingerprint density at radius 2 is 1.24 bits per heavy atom. The zero-order chi connectivity index (χ0) is 14.5. The molecule has 0 fully saturated rings. The summed E-state index contributed by atoms with van der Waals surface area (Å²) in [5, 5.41) is 0. The molecule has 0 unspecified atom stereocenters. The SMILES string of the molecule is NC=C(c1ccccc1)c1ccccc1-c1ccccc1. The highest BCUT2D eigenvalue weighted by molar-refractivity contribution is 5.88. The van der Waals surface area contributed by atoms with Gasteiger partial charge in [-0.15, -0.1) is 0 Å². The van der Waals surface area contributed by atoms with Crippen molar-refractivity contribution in [1.29, 1.82) is 0 Å². The summed E-state index contributed by atoms with van der Waals surface area (Å²) in [4.78, 5) is 0. The van der Waals surface area contributed by atoms with Gasteiger partial charge in [-0.25, -0.2) is 0 Å². The van der Waals surface area contributed by atoms with E-state index in [0.29, 0.717) is 0 Å². The molecule has 102 valence electrons. The van der Waals surface area contributed by atoms with Crippen LogP contribution in [0.5, 0.6) is 0 Å². The maximum atomic E-state index is 5.92. The molecule has 3 rings (SSSR count). The molecule has 0 atom stereocenters. The molecular formula is C20H17N. The van der Waals surface area contributed by atoms with Crippen LogP contribution < -0.4 is 5.73 Å². The largest absolute Gasteiger partial charge is 0.404 e. The van der Waals surface area contributed by atoms with Gasteiger partial charge in [-0.2, -0.15) is 0 Å². The Balaban J connectivity index is 2.15. The number of hydrogen-bond donors (Lipinski definition) is 1. The number of benzene rings is 3. The van der Waals surface area contributed by atoms with E-state index in [1.54, 1.807) is 6.20 Å². The lowest BCUT2D eigenvalue weighted by Crippen LogP contribution is -1.95. The Labute approximate surface area is 125 Å². The Hall–Kier alpha value is -2.80. The van der Waals surface area contributed by atoms with E-state index in [1.807, 2.05) is 30.3 Å². The standard InChI is InChI=1S/C20H17N/c21-15-20(17-11-5-2-6-12-17)19-14-8-7-13-18(19)16-9-3-1-4-10-16/h1-15H,21H2. The summed E-state index contributed by atoms with van der Waals surface area (Å²) in [5.74, 6) is 0. The Morgan fingerprint density at radius 1 is 0.667 bits per heavy atom. The second-order valence-corrected chi connectivity index (χ2v) is 4.86. The quantitative estimate of drug-likeness (QED) is 0.734. The monoisotopic (exact) mass is 271 g/mol. The minimum Gasteiger partial charge on any atom is -0.404 e. The summed E-state index contributed by atoms with van der Waals surface area (Å²) in [6.07, 6.45) is 1.69. The van der Waals surface area contributed by atoms with Crippen LogP contribution >= 0.6 is 0 Å². The lowest BCUT2D eigenvalue weighted by atomic mass is 9.91. The van der Waals surface area contributed by atoms with Crippen molar-refractivity contribution < 1.29 is 0 Å². The fourth-order valence-corrected chi connectivity index (χ4v) is 2.55. The van der Waals surface area contributed by atoms with E-state index in [2.05, 4.69) is 54.6 Å². The predicted molar refractivity (Wildman–Crippen MR) is 89.6 cm³/mol. The molecule has 0 saturated heterocycles. The molecule has 3 aromatic carbocycles. The van der Waals surface area contributed by atoms with Crippen LogP contribution in [-0.2, 0) is 0 Å². The van der Waals surface area contributed by atoms with Crippen LogP contribution in [0.15, 0.2) is 91.1 Å². The third-order valence-electron chi connectivity index (χ3n) is 3.55. The van der Waals surface area contributed by atoms with E-state index in [0.717, 1.165) is 16.7 Å². The third kappa shape index (κ3) is 2.72. The molecule has 0 bridgehead atoms. The highest BCUT2D eigenvalue weighted by Gasteiger charge is 2.10. The third-order valence-corrected chi connectivity index (χ3v) is 3.55. The molecule has 0 aliphatic heterocycles. The van der Waals surface area contributed by atoms with Crippen molar-refractivity contribution in [2.45, 2.75) is 0 Å². The van der Waals surface area contributed by atoms with Gasteiger partial charge in [0.2, 0.25) is 0 Å². The van der Waals surface area contributed by atoms with Crippen molar-refractivity contribution in [3.05, 3.63) is 102 Å². The first-order valence-corrected chi connectivity index (χ1v) is 7.02. The molecule has 0 aromatic heterocycles. The predicted octanol–water partition coefficient (Wildman–Crippen LogP) is 4.70. The minimum absolute atomic E-state index is 1.05. The fourth-order valence-electron chi connectivity index (χ4n) is 2.55. The van der Waals surface area contributed by atoms with Crippen LogP contribution in [0, 0.1) is 0 Å². The molecule has 0 saturated carbocycles. The summed E-state index contributed by atoms with van der Waals surface area (Å²) in [6.45, 7) is 0. The molecule has 0 radical (unpaired) electrons. The summed E-state index contributed by atoms with van der Waals surface area (Å²) in [6, 6.07) is 29.0. The smallest absolute Gasteiger partial charge is 0.00498 e. The van der Waals surface area contributed by atoms with Gasteiger partial charge in [-0.3, -0.25) is 0 Å². The maximum Gasteiger partial charge on any atom is 0.00498 e. The van der Waals surface area contributed by atoms with Crippen LogP contribution in [-0.4, -0.2) is 0 Å². The summed E-state index contributed by atoms with van der Waals surface area (Å²) >= 11 is 0. The van der Waals surface area contributed by atoms with E-state index in [1.165, 1.54) is 11.1 Å². The van der Waals surface area contributed by atoms with Crippen LogP contribution in [0.25, 0.3) is 16.7 Å². The highest BCUT2D eigenvalue weighted by atomic mass is 14.5. The maximum absolute atomic E-state index is 5.92. The summed E-state index contributed by atoms with van der Waals surface area (Å²) in [5.41, 5.74) is 11.6. The van der Waals surface area contributed by atoms with Crippen molar-refractivity contribution >= 4 is 5.57 Å². The molecular weight excluding hydrogens is 254 g/mol. The van der Waals surface area contributed by atoms with Crippen molar-refractivity contribution in [3.8, 4) is 11.1 Å². The van der Waals surface area contributed by atoms with Crippen LogP contribution in [0.1, 0.15) is 11.1 Å². The lowest BCUT2D eigenvalue weighted by Gasteiger charge is -2.13. The van der Waals surface area contributed by atoms with E-state index < -0.39 is 0 Å². The van der Waals surface area contributed by atoms with Gasteiger partial charge in [0.15, 0.2) is 0 Å². The second-order valence-electron chi connectivity index (χ2n) is 4.86. The van der Waals surface area contributed by atoms with E-state index in [-0.39, 0.29) is 0 Å². The zero-order valence-electron chi connectivity index (χ0n) is 11.7. The Morgan fingerprint density at radius 3 is 1.90 bits per heavy atom. The molecule has 1 heteroatoms. The summed E-state index contributed by atoms with van der Waals surface area (Å²) < 4.78 is 0. The zero-order valence-corrected chi connectivity index (χ0v) is 11.7. The van der Waals surface area contributed by atoms with Crippen LogP contribution in [0.2, 0.25) is 0 Å². The minimum atomic E-state index is 1.05. The molecule has 1 nitrogen and oxygen atoms in total. The van der Waals surface area contributed by atoms with E-state index >= 15 is 0 Å². The fraction of sp³-hybridized carbons (Fsp3) is 0. The van der Waals surface area contributed by atoms with Crippen molar-refractivity contribution in [3.63, 3.8) is 0 Å². The van der Waals surface area contributed by atoms with Gasteiger partial charge in [-0.05, 0) is 22.3 Å². The average Bonchev–Trinajstić information content (AvgIpc) is 2.58. The molecule has 0 amide bonds. The lowest BCUT2D eigenvalue weighted by molar-refractivity contribution is 1.49. The van der Waals surface area contributed by atoms with Gasteiger partial charge >= 0.3 is 0 Å². The van der Waals surface area contributed by atoms with Crippen LogP contribution in [0.3, 0.4) is 0 Å². The molecule has 0 heterocycles. The van der Waals surface area contributed by atoms with E-state index in [9.17, 15) is 0 Å². The Bertz CT molecular complexity index is 743. The molecule has 2 N–H and O–H groups in total. The average molecular weight is 271 g/mol. The van der Waals surface area contributed by atoms with Gasteiger partial charge in [-0.1, -0.05) is 84.9 Å². The first-order valence-electron chi connectivity index (χ1n) is 7.02. The first kappa shape index (κ1) is 13.2. The summed E-state index contributed by atoms with van der Waals surface area (Å²) in [7, 11) is 0. The van der Waals surface area contributed by atoms with Gasteiger partial charge in [0.25, 0.3) is 0 Å². The van der Waals surface area contributed by atoms with Gasteiger partial charge in [0, 0.05) is 11.8 Å². The van der Waals surface area contributed by atoms with Gasteiger partial charge < -0.3 is 5.73 Å². The molecule has 0 aliphatic rings. The number of rotatable bonds is 3. The molecule has 0 aliphatic carbocycles. The first-order chi connectivity index (χ1) is 10.4. The molecule has 0 spiro atoms. The number of hydrogen-bond acceptors (Lipinski definition) is 1. The van der Waals surface area contributed by atoms with Gasteiger partial charge in [0.1, 0.15) is 0 Å². The topological polar surface area (TPSA) is 26.0 Å². The van der Waals surface area contributed by atoms with Crippen molar-refractivity contribution in [2.75, 3.05) is 0 Å². The van der Waals surface area contributed by atoms with Crippen molar-refractivity contribution in [1.82, 2.24) is 0 Å². The van der Waals surface area contributed by atoms with E-state index in [4.69, 9.17) is 5.73 Å². The Kier molecular flexibility index (Phi) is 3.83. The normalized spacial score (nSPS) is 11.3. The van der Waals surface area contributed by atoms with Gasteiger partial charge in [0.05, 0.1) is 0 Å². The van der Waals surface area contributed by atoms with Crippen LogP contribution in [0.4, 0.5) is 0 Å². The second kappa shape index (κ2) is 6.10. The van der Waals surface area contributed by atoms with Crippen molar-refractivity contribution in [2.24, 2.45) is 5.73 Å². The number of nitrogens with two attached hydrogens (primary N) is 1.